The van der Waals surface area contributed by atoms with Gasteiger partial charge in [0.05, 0.1) is 27.6 Å². The van der Waals surface area contributed by atoms with E-state index in [0.717, 1.165) is 49.7 Å². The second-order valence-electron chi connectivity index (χ2n) is 24.3. The zero-order valence-corrected chi connectivity index (χ0v) is 49.1. The summed E-state index contributed by atoms with van der Waals surface area (Å²) < 4.78 is 4.71. The van der Waals surface area contributed by atoms with Gasteiger partial charge in [0.2, 0.25) is 0 Å². The Morgan fingerprint density at radius 3 is 0.890 bits per heavy atom. The van der Waals surface area contributed by atoms with Crippen LogP contribution in [-0.4, -0.2) is 25.1 Å². The Kier molecular flexibility index (Phi) is 12.0. The molecule has 0 atom stereocenters. The molecule has 0 unspecified atom stereocenters. The zero-order valence-electron chi connectivity index (χ0n) is 47.1. The van der Waals surface area contributed by atoms with Gasteiger partial charge in [-0.3, -0.25) is 9.59 Å². The lowest BCUT2D eigenvalue weighted by Gasteiger charge is -2.36. The fourth-order valence-electron chi connectivity index (χ4n) is 13.8. The van der Waals surface area contributed by atoms with Crippen LogP contribution in [-0.2, 0) is 10.8 Å². The van der Waals surface area contributed by atoms with E-state index in [0.29, 0.717) is 27.1 Å². The molecule has 0 aliphatic carbocycles. The van der Waals surface area contributed by atoms with E-state index in [1.807, 2.05) is 0 Å². The van der Waals surface area contributed by atoms with Gasteiger partial charge in [-0.1, -0.05) is 272 Å². The van der Waals surface area contributed by atoms with Gasteiger partial charge in [0.25, 0.3) is 0 Å². The molecule has 4 nitrogen and oxygen atoms in total. The zero-order chi connectivity index (χ0) is 56.1. The molecule has 3 aromatic heterocycles. The predicted octanol–water partition coefficient (Wildman–Crippen LogP) is 12.0. The van der Waals surface area contributed by atoms with E-state index in [9.17, 15) is 0 Å². The van der Waals surface area contributed by atoms with Crippen LogP contribution in [0.15, 0.2) is 277 Å². The lowest BCUT2D eigenvalue weighted by atomic mass is 9.85. The summed E-state index contributed by atoms with van der Waals surface area (Å²) in [5.74, 6) is 0. The van der Waals surface area contributed by atoms with Crippen LogP contribution in [0.1, 0.15) is 52.7 Å². The molecule has 0 saturated carbocycles. The Bertz CT molecular complexity index is 4400. The second kappa shape index (κ2) is 19.2. The first-order valence-electron chi connectivity index (χ1n) is 28.6. The number of benzene rings is 11. The van der Waals surface area contributed by atoms with Gasteiger partial charge in [-0.2, -0.15) is 0 Å². The molecule has 0 radical (unpaired) electrons. The number of hydrogen-bond donors (Lipinski definition) is 0. The average molecular weight is 1090 g/mol. The Labute approximate surface area is 480 Å². The monoisotopic (exact) mass is 1090 g/mol. The molecule has 14 aromatic rings. The molecule has 3 heterocycles. The minimum Gasteiger partial charge on any atom is -0.309 e. The summed E-state index contributed by atoms with van der Waals surface area (Å²) in [6.45, 7) is 13.2. The van der Waals surface area contributed by atoms with Crippen LogP contribution < -0.4 is 52.4 Å². The SMILES string of the molecule is CC(C)(C)c1ccc2c(c1)c(=O)c1cc(-n3c4c([Si](c5ccccc5)(c5ccccc5)c5ccccc5)cccc4c4cccc([Si](c5ccccc5)(c5ccccc5)c5ccccc5)c43)cc3c(=O)c4cc(C(C)(C)C)ccc4n2c13. The highest BCUT2D eigenvalue weighted by Crippen LogP contribution is 2.38. The van der Waals surface area contributed by atoms with Gasteiger partial charge in [-0.05, 0) is 99.8 Å². The van der Waals surface area contributed by atoms with Crippen molar-refractivity contribution in [3.05, 3.63) is 298 Å². The minimum absolute atomic E-state index is 0.0950. The van der Waals surface area contributed by atoms with Gasteiger partial charge in [0.1, 0.15) is 0 Å². The van der Waals surface area contributed by atoms with Crippen molar-refractivity contribution < 1.29 is 0 Å². The summed E-state index contributed by atoms with van der Waals surface area (Å²) in [6, 6.07) is 97.5. The summed E-state index contributed by atoms with van der Waals surface area (Å²) in [6.07, 6.45) is 0. The average Bonchev–Trinajstić information content (AvgIpc) is 3.41. The van der Waals surface area contributed by atoms with Crippen LogP contribution >= 0.6 is 0 Å². The molecule has 0 fully saturated rings. The standard InChI is InChI=1S/C76H62N2O2Si2/c1-75(2,3)51-43-45-66-62(47-51)73(79)64-49-53(50-65-70(64)78(66)67-46-44-52(76(4,5)6)48-63(67)74(65)80)77-71-60(39-25-41-68(71)81(54-27-13-7-14-28-54,55-29-15-8-16-30-55)56-31-17-9-18-32-56)61-40-26-42-69(72(61)77)82(57-33-19-10-20-34-57,58-35-21-11-22-36-58)59-37-23-12-24-38-59/h7-50H,1-6H3. The number of pyridine rings is 2. The number of aromatic nitrogens is 2. The van der Waals surface area contributed by atoms with Gasteiger partial charge in [-0.15, -0.1) is 0 Å². The summed E-state index contributed by atoms with van der Waals surface area (Å²) in [4.78, 5) is 32.2. The third kappa shape index (κ3) is 7.62. The first-order chi connectivity index (χ1) is 39.8. The van der Waals surface area contributed by atoms with Crippen molar-refractivity contribution in [2.75, 3.05) is 0 Å². The maximum atomic E-state index is 16.1. The summed E-state index contributed by atoms with van der Waals surface area (Å²) >= 11 is 0. The van der Waals surface area contributed by atoms with Crippen molar-refractivity contribution in [3.8, 4) is 5.69 Å². The summed E-state index contributed by atoms with van der Waals surface area (Å²) in [5, 5.41) is 14.3. The first kappa shape index (κ1) is 51.0. The van der Waals surface area contributed by atoms with Crippen molar-refractivity contribution in [2.45, 2.75) is 52.4 Å². The van der Waals surface area contributed by atoms with Crippen molar-refractivity contribution in [1.29, 1.82) is 0 Å². The maximum absolute atomic E-state index is 16.1. The molecule has 0 bridgehead atoms. The van der Waals surface area contributed by atoms with Gasteiger partial charge >= 0.3 is 0 Å². The molecule has 11 aromatic carbocycles. The number of para-hydroxylation sites is 2. The number of nitrogens with zero attached hydrogens (tertiary/aromatic N) is 2. The quantitative estimate of drug-likeness (QED) is 0.0626. The van der Waals surface area contributed by atoms with E-state index in [1.165, 1.54) is 41.5 Å². The van der Waals surface area contributed by atoms with Gasteiger partial charge in [0.15, 0.2) is 27.0 Å². The summed E-state index contributed by atoms with van der Waals surface area (Å²) in [7, 11) is -6.64. The number of hydrogen-bond acceptors (Lipinski definition) is 2. The molecule has 6 heteroatoms. The summed E-state index contributed by atoms with van der Waals surface area (Å²) in [5.41, 5.74) is 6.55. The Balaban J connectivity index is 1.26. The van der Waals surface area contributed by atoms with Crippen LogP contribution in [0.3, 0.4) is 0 Å². The highest BCUT2D eigenvalue weighted by Gasteiger charge is 2.46. The van der Waals surface area contributed by atoms with Gasteiger partial charge in [0, 0.05) is 38.0 Å². The molecule has 0 spiro atoms. The van der Waals surface area contributed by atoms with E-state index in [1.54, 1.807) is 0 Å². The van der Waals surface area contributed by atoms with Crippen molar-refractivity contribution in [1.82, 2.24) is 8.97 Å². The molecule has 82 heavy (non-hydrogen) atoms. The third-order valence-corrected chi connectivity index (χ3v) is 27.2. The Morgan fingerprint density at radius 1 is 0.293 bits per heavy atom. The van der Waals surface area contributed by atoms with E-state index in [4.69, 9.17) is 0 Å². The molecule has 0 N–H and O–H groups in total. The van der Waals surface area contributed by atoms with Crippen molar-refractivity contribution >= 4 is 118 Å². The molecule has 0 aliphatic rings. The Morgan fingerprint density at radius 2 is 0.598 bits per heavy atom. The predicted molar refractivity (Wildman–Crippen MR) is 353 cm³/mol. The molecule has 0 aliphatic heterocycles. The Hall–Kier alpha value is -9.21. The van der Waals surface area contributed by atoms with E-state index < -0.39 is 16.1 Å². The van der Waals surface area contributed by atoms with Crippen LogP contribution in [0, 0.1) is 0 Å². The highest BCUT2D eigenvalue weighted by molar-refractivity contribution is 7.21. The fourth-order valence-corrected chi connectivity index (χ4v) is 23.7. The molecule has 0 amide bonds. The maximum Gasteiger partial charge on any atom is 0.197 e. The molecular formula is C76H62N2O2Si2. The minimum atomic E-state index is -3.32. The van der Waals surface area contributed by atoms with Gasteiger partial charge < -0.3 is 8.97 Å². The largest absolute Gasteiger partial charge is 0.309 e. The van der Waals surface area contributed by atoms with Gasteiger partial charge in [-0.25, -0.2) is 0 Å². The van der Waals surface area contributed by atoms with E-state index in [2.05, 4.69) is 317 Å². The molecule has 14 rings (SSSR count). The third-order valence-electron chi connectivity index (χ3n) is 17.6. The van der Waals surface area contributed by atoms with E-state index >= 15 is 9.59 Å². The lowest BCUT2D eigenvalue weighted by Crippen LogP contribution is -2.75. The van der Waals surface area contributed by atoms with Crippen LogP contribution in [0.25, 0.3) is 65.6 Å². The first-order valence-corrected chi connectivity index (χ1v) is 32.6. The fraction of sp³-hybridized carbons (Fsp3) is 0.105. The molecule has 396 valence electrons. The van der Waals surface area contributed by atoms with Crippen LogP contribution in [0.2, 0.25) is 0 Å². The highest BCUT2D eigenvalue weighted by atomic mass is 28.3. The lowest BCUT2D eigenvalue weighted by molar-refractivity contribution is 0.591. The second-order valence-corrected chi connectivity index (χ2v) is 31.8. The van der Waals surface area contributed by atoms with Crippen LogP contribution in [0.4, 0.5) is 0 Å². The smallest absolute Gasteiger partial charge is 0.197 e. The van der Waals surface area contributed by atoms with Crippen molar-refractivity contribution in [3.63, 3.8) is 0 Å². The molecule has 0 saturated heterocycles. The van der Waals surface area contributed by atoms with Crippen molar-refractivity contribution in [2.24, 2.45) is 0 Å². The normalized spacial score (nSPS) is 12.6. The van der Waals surface area contributed by atoms with Crippen LogP contribution in [0.5, 0.6) is 0 Å². The number of rotatable bonds is 9. The number of fused-ring (bicyclic) bond motifs is 7. The van der Waals surface area contributed by atoms with E-state index in [-0.39, 0.29) is 21.7 Å². The molecular weight excluding hydrogens is 1030 g/mol. The topological polar surface area (TPSA) is 43.5 Å².